The smallest absolute Gasteiger partial charge is 0.239 e. The number of aliphatic imine (C=N–C) groups is 1. The Hall–Kier alpha value is -1.49. The maximum atomic E-state index is 12.3. The Labute approximate surface area is 115 Å². The molecule has 1 aliphatic rings. The topological polar surface area (TPSA) is 68.6 Å². The van der Waals surface area contributed by atoms with Gasteiger partial charge in [0, 0.05) is 31.7 Å². The lowest BCUT2D eigenvalue weighted by Gasteiger charge is -2.29. The zero-order valence-electron chi connectivity index (χ0n) is 12.0. The van der Waals surface area contributed by atoms with E-state index in [9.17, 15) is 4.79 Å². The molecule has 0 aromatic rings. The number of hydrogen-bond acceptors (Lipinski definition) is 4. The van der Waals surface area contributed by atoms with Gasteiger partial charge in [0.1, 0.15) is 0 Å². The monoisotopic (exact) mass is 264 g/mol. The molecule has 2 N–H and O–H groups in total. The number of nitrogens with one attached hydrogen (secondary N) is 2. The SMILES string of the molecule is CNC1CCC(C)(C)CN(C/C=C/N=CC=N)C1=O. The summed E-state index contributed by atoms with van der Waals surface area (Å²) in [6, 6.07) is -0.0831. The van der Waals surface area contributed by atoms with Crippen molar-refractivity contribution in [2.75, 3.05) is 20.1 Å². The number of hydrogen-bond donors (Lipinski definition) is 2. The minimum absolute atomic E-state index is 0.0831. The van der Waals surface area contributed by atoms with Gasteiger partial charge in [-0.05, 0) is 31.4 Å². The van der Waals surface area contributed by atoms with Crippen LogP contribution in [0.3, 0.4) is 0 Å². The van der Waals surface area contributed by atoms with Crippen LogP contribution in [0.4, 0.5) is 0 Å². The highest BCUT2D eigenvalue weighted by Crippen LogP contribution is 2.28. The second-order valence-corrected chi connectivity index (χ2v) is 5.61. The number of likely N-dealkylation sites (tertiary alicyclic amines) is 1. The van der Waals surface area contributed by atoms with Crippen LogP contribution in [0.25, 0.3) is 0 Å². The summed E-state index contributed by atoms with van der Waals surface area (Å²) in [5, 5.41) is 9.91. The van der Waals surface area contributed by atoms with Crippen molar-refractivity contribution in [2.24, 2.45) is 10.4 Å². The third-order valence-corrected chi connectivity index (χ3v) is 3.36. The van der Waals surface area contributed by atoms with Crippen molar-refractivity contribution < 1.29 is 4.79 Å². The van der Waals surface area contributed by atoms with E-state index in [-0.39, 0.29) is 17.4 Å². The predicted octanol–water partition coefficient (Wildman–Crippen LogP) is 1.46. The number of likely N-dealkylation sites (N-methyl/N-ethyl adjacent to an activating group) is 1. The lowest BCUT2D eigenvalue weighted by atomic mass is 9.87. The highest BCUT2D eigenvalue weighted by atomic mass is 16.2. The van der Waals surface area contributed by atoms with Crippen molar-refractivity contribution in [3.8, 4) is 0 Å². The highest BCUT2D eigenvalue weighted by molar-refractivity contribution is 6.14. The van der Waals surface area contributed by atoms with Gasteiger partial charge in [0.05, 0.1) is 6.04 Å². The molecule has 5 nitrogen and oxygen atoms in total. The summed E-state index contributed by atoms with van der Waals surface area (Å²) in [7, 11) is 1.84. The third-order valence-electron chi connectivity index (χ3n) is 3.36. The van der Waals surface area contributed by atoms with Crippen LogP contribution in [0.2, 0.25) is 0 Å². The van der Waals surface area contributed by atoms with E-state index in [1.54, 1.807) is 6.20 Å². The van der Waals surface area contributed by atoms with Crippen molar-refractivity contribution in [1.82, 2.24) is 10.2 Å². The Bertz CT molecular complexity index is 374. The molecule has 0 spiro atoms. The predicted molar refractivity (Wildman–Crippen MR) is 78.9 cm³/mol. The zero-order valence-corrected chi connectivity index (χ0v) is 12.0. The molecule has 1 amide bonds. The standard InChI is InChI=1S/C14H24N4O/c1-14(2)6-5-12(16-3)13(19)18(11-14)10-4-8-17-9-7-15/h4,7-9,12,15-16H,5-6,10-11H2,1-3H3/b8-4+,15-7?,17-9?. The lowest BCUT2D eigenvalue weighted by Crippen LogP contribution is -2.45. The van der Waals surface area contributed by atoms with Gasteiger partial charge in [-0.3, -0.25) is 9.79 Å². The van der Waals surface area contributed by atoms with Crippen LogP contribution in [0.5, 0.6) is 0 Å². The van der Waals surface area contributed by atoms with E-state index >= 15 is 0 Å². The maximum absolute atomic E-state index is 12.3. The van der Waals surface area contributed by atoms with Gasteiger partial charge >= 0.3 is 0 Å². The van der Waals surface area contributed by atoms with Gasteiger partial charge in [0.2, 0.25) is 5.91 Å². The molecule has 1 atom stereocenters. The molecule has 1 fully saturated rings. The number of carbonyl (C=O) groups is 1. The van der Waals surface area contributed by atoms with Crippen molar-refractivity contribution in [3.05, 3.63) is 12.3 Å². The van der Waals surface area contributed by atoms with Crippen LogP contribution in [-0.4, -0.2) is 49.4 Å². The summed E-state index contributed by atoms with van der Waals surface area (Å²) < 4.78 is 0. The number of amides is 1. The van der Waals surface area contributed by atoms with Crippen molar-refractivity contribution in [2.45, 2.75) is 32.7 Å². The fraction of sp³-hybridized carbons (Fsp3) is 0.643. The van der Waals surface area contributed by atoms with Crippen molar-refractivity contribution in [1.29, 1.82) is 5.41 Å². The molecule has 1 heterocycles. The summed E-state index contributed by atoms with van der Waals surface area (Å²) in [4.78, 5) is 18.1. The second kappa shape index (κ2) is 7.19. The van der Waals surface area contributed by atoms with E-state index in [4.69, 9.17) is 5.41 Å². The minimum atomic E-state index is -0.0831. The number of rotatable bonds is 5. The molecule has 0 radical (unpaired) electrons. The Morgan fingerprint density at radius 1 is 1.58 bits per heavy atom. The Morgan fingerprint density at radius 2 is 2.32 bits per heavy atom. The van der Waals surface area contributed by atoms with E-state index in [1.165, 1.54) is 6.21 Å². The maximum Gasteiger partial charge on any atom is 0.239 e. The quantitative estimate of drug-likeness (QED) is 0.738. The molecule has 0 aliphatic carbocycles. The van der Waals surface area contributed by atoms with Crippen LogP contribution < -0.4 is 5.32 Å². The average Bonchev–Trinajstić information content (AvgIpc) is 2.47. The summed E-state index contributed by atoms with van der Waals surface area (Å²) in [5.74, 6) is 0.161. The van der Waals surface area contributed by atoms with E-state index in [1.807, 2.05) is 18.0 Å². The van der Waals surface area contributed by atoms with Gasteiger partial charge in [0.15, 0.2) is 0 Å². The van der Waals surface area contributed by atoms with Crippen molar-refractivity contribution in [3.63, 3.8) is 0 Å². The molecule has 1 aliphatic heterocycles. The first-order valence-corrected chi connectivity index (χ1v) is 6.63. The molecule has 106 valence electrons. The Morgan fingerprint density at radius 3 is 2.95 bits per heavy atom. The highest BCUT2D eigenvalue weighted by Gasteiger charge is 2.33. The molecule has 5 heteroatoms. The molecule has 1 saturated heterocycles. The van der Waals surface area contributed by atoms with E-state index in [0.717, 1.165) is 25.6 Å². The van der Waals surface area contributed by atoms with Gasteiger partial charge in [-0.15, -0.1) is 0 Å². The van der Waals surface area contributed by atoms with Gasteiger partial charge in [-0.2, -0.15) is 0 Å². The van der Waals surface area contributed by atoms with Crippen LogP contribution in [0, 0.1) is 10.8 Å². The molecule has 1 unspecified atom stereocenters. The summed E-state index contributed by atoms with van der Waals surface area (Å²) in [6.45, 7) is 5.73. The van der Waals surface area contributed by atoms with Crippen molar-refractivity contribution >= 4 is 18.3 Å². The van der Waals surface area contributed by atoms with Crippen LogP contribution in [-0.2, 0) is 4.79 Å². The van der Waals surface area contributed by atoms with Crippen LogP contribution in [0.15, 0.2) is 17.3 Å². The number of nitrogens with zero attached hydrogens (tertiary/aromatic N) is 2. The fourth-order valence-electron chi connectivity index (χ4n) is 2.30. The van der Waals surface area contributed by atoms with E-state index in [2.05, 4.69) is 24.2 Å². The van der Waals surface area contributed by atoms with Crippen LogP contribution >= 0.6 is 0 Å². The van der Waals surface area contributed by atoms with Gasteiger partial charge in [-0.1, -0.05) is 13.8 Å². The summed E-state index contributed by atoms with van der Waals surface area (Å²) >= 11 is 0. The molecular formula is C14H24N4O. The Balaban J connectivity index is 2.70. The molecule has 0 aromatic carbocycles. The lowest BCUT2D eigenvalue weighted by molar-refractivity contribution is -0.132. The van der Waals surface area contributed by atoms with E-state index < -0.39 is 0 Å². The first kappa shape index (κ1) is 15.6. The molecule has 19 heavy (non-hydrogen) atoms. The normalized spacial score (nSPS) is 24.1. The molecular weight excluding hydrogens is 240 g/mol. The van der Waals surface area contributed by atoms with Gasteiger partial charge in [0.25, 0.3) is 0 Å². The summed E-state index contributed by atoms with van der Waals surface area (Å²) in [6.07, 6.45) is 7.93. The first-order valence-electron chi connectivity index (χ1n) is 6.63. The first-order chi connectivity index (χ1) is 9.00. The zero-order chi connectivity index (χ0) is 14.3. The largest absolute Gasteiger partial charge is 0.337 e. The second-order valence-electron chi connectivity index (χ2n) is 5.61. The molecule has 0 saturated carbocycles. The average molecular weight is 264 g/mol. The van der Waals surface area contributed by atoms with E-state index in [0.29, 0.717) is 6.54 Å². The Kier molecular flexibility index (Phi) is 5.89. The van der Waals surface area contributed by atoms with Gasteiger partial charge in [-0.25, -0.2) is 0 Å². The fourth-order valence-corrected chi connectivity index (χ4v) is 2.30. The molecule has 0 aromatic heterocycles. The van der Waals surface area contributed by atoms with Gasteiger partial charge < -0.3 is 15.6 Å². The third kappa shape index (κ3) is 4.95. The summed E-state index contributed by atoms with van der Waals surface area (Å²) in [5.41, 5.74) is 0.146. The molecule has 0 bridgehead atoms. The minimum Gasteiger partial charge on any atom is -0.337 e. The number of carbonyl (C=O) groups excluding carboxylic acids is 1. The molecule has 1 rings (SSSR count). The van der Waals surface area contributed by atoms with Crippen LogP contribution in [0.1, 0.15) is 26.7 Å².